The Morgan fingerprint density at radius 3 is 0.848 bits per heavy atom. The summed E-state index contributed by atoms with van der Waals surface area (Å²) < 4.78 is 0. The lowest BCUT2D eigenvalue weighted by Gasteiger charge is -2.16. The van der Waals surface area contributed by atoms with Gasteiger partial charge in [0.2, 0.25) is 0 Å². The normalized spacial score (nSPS) is 11.1. The molecule has 46 heavy (non-hydrogen) atoms. The summed E-state index contributed by atoms with van der Waals surface area (Å²) in [5, 5.41) is 0. The van der Waals surface area contributed by atoms with Gasteiger partial charge in [-0.1, -0.05) is 249 Å². The molecule has 0 spiro atoms. The van der Waals surface area contributed by atoms with Gasteiger partial charge in [0.05, 0.1) is 0 Å². The molecule has 0 saturated carbocycles. The van der Waals surface area contributed by atoms with E-state index in [1.807, 2.05) is 36.4 Å². The van der Waals surface area contributed by atoms with Crippen LogP contribution in [0.2, 0.25) is 0 Å². The molecular formula is C45H85N. The van der Waals surface area contributed by atoms with Crippen LogP contribution in [0.5, 0.6) is 0 Å². The minimum absolute atomic E-state index is 1.17. The fourth-order valence-electron chi connectivity index (χ4n) is 6.56. The van der Waals surface area contributed by atoms with Crippen molar-refractivity contribution in [3.8, 4) is 0 Å². The van der Waals surface area contributed by atoms with Crippen LogP contribution in [0.1, 0.15) is 225 Å². The molecule has 0 fully saturated rings. The monoisotopic (exact) mass is 640 g/mol. The summed E-state index contributed by atoms with van der Waals surface area (Å²) in [7, 11) is 2.34. The molecule has 1 nitrogen and oxygen atoms in total. The maximum atomic E-state index is 3.63. The van der Waals surface area contributed by atoms with Gasteiger partial charge in [-0.15, -0.1) is 0 Å². The number of rotatable bonds is 35. The molecule has 0 N–H and O–H groups in total. The topological polar surface area (TPSA) is 3.24 Å². The average molecular weight is 640 g/mol. The lowest BCUT2D eigenvalue weighted by molar-refractivity contribution is 0.314. The van der Waals surface area contributed by atoms with Crippen LogP contribution >= 0.6 is 0 Å². The second-order valence-corrected chi connectivity index (χ2v) is 14.5. The second-order valence-electron chi connectivity index (χ2n) is 14.5. The number of hydrogen-bond acceptors (Lipinski definition) is 1. The summed E-state index contributed by atoms with van der Waals surface area (Å²) >= 11 is 0. The first-order valence-electron chi connectivity index (χ1n) is 21.1. The van der Waals surface area contributed by atoms with Crippen LogP contribution in [-0.4, -0.2) is 25.0 Å². The van der Waals surface area contributed by atoms with E-state index >= 15 is 0 Å². The van der Waals surface area contributed by atoms with Crippen LogP contribution in [0.4, 0.5) is 0 Å². The summed E-state index contributed by atoms with van der Waals surface area (Å²) in [5.74, 6) is 0. The van der Waals surface area contributed by atoms with E-state index in [1.54, 1.807) is 0 Å². The molecule has 270 valence electrons. The van der Waals surface area contributed by atoms with Crippen LogP contribution in [0, 0.1) is 0 Å². The Bertz CT molecular complexity index is 631. The molecule has 0 radical (unpaired) electrons. The van der Waals surface area contributed by atoms with Gasteiger partial charge in [0.25, 0.3) is 0 Å². The minimum Gasteiger partial charge on any atom is -0.306 e. The average Bonchev–Trinajstić information content (AvgIpc) is 3.08. The van der Waals surface area contributed by atoms with Gasteiger partial charge < -0.3 is 4.90 Å². The van der Waals surface area contributed by atoms with Crippen LogP contribution < -0.4 is 0 Å². The summed E-state index contributed by atoms with van der Waals surface area (Å²) in [6, 6.07) is 10.0. The van der Waals surface area contributed by atoms with Gasteiger partial charge in [0.1, 0.15) is 0 Å². The molecule has 0 aliphatic rings. The summed E-state index contributed by atoms with van der Waals surface area (Å²) in [6.07, 6.45) is 48.7. The zero-order chi connectivity index (χ0) is 33.4. The standard InChI is InChI=1S/C37H77N.C8H8/c1-4-6-8-10-12-14-16-18-20-22-24-26-28-30-32-34-36-38(3)37-35-33-31-29-27-25-23-21-19-17-15-13-11-9-7-5-2;1-2-8-6-4-3-5-7-8/h4-37H2,1-3H3;2-7H,1H2. The van der Waals surface area contributed by atoms with Crippen molar-refractivity contribution in [2.45, 2.75) is 219 Å². The highest BCUT2D eigenvalue weighted by molar-refractivity contribution is 5.45. The Hall–Kier alpha value is -1.08. The van der Waals surface area contributed by atoms with Gasteiger partial charge in [0.15, 0.2) is 0 Å². The fraction of sp³-hybridized carbons (Fsp3) is 0.822. The fourth-order valence-corrected chi connectivity index (χ4v) is 6.56. The van der Waals surface area contributed by atoms with Crippen molar-refractivity contribution >= 4 is 6.08 Å². The van der Waals surface area contributed by atoms with Crippen molar-refractivity contribution in [2.24, 2.45) is 0 Å². The molecule has 0 bridgehead atoms. The Balaban J connectivity index is 0.00000218. The number of nitrogens with zero attached hydrogens (tertiary/aromatic N) is 1. The van der Waals surface area contributed by atoms with E-state index in [9.17, 15) is 0 Å². The van der Waals surface area contributed by atoms with Crippen LogP contribution in [-0.2, 0) is 0 Å². The summed E-state index contributed by atoms with van der Waals surface area (Å²) in [4.78, 5) is 2.59. The molecule has 1 heteroatoms. The maximum Gasteiger partial charge on any atom is -0.00218 e. The first-order chi connectivity index (χ1) is 22.7. The lowest BCUT2D eigenvalue weighted by atomic mass is 10.0. The Labute approximate surface area is 292 Å². The summed E-state index contributed by atoms with van der Waals surface area (Å²) in [5.41, 5.74) is 1.17. The van der Waals surface area contributed by atoms with Gasteiger partial charge in [-0.05, 0) is 38.5 Å². The first-order valence-corrected chi connectivity index (χ1v) is 21.1. The zero-order valence-corrected chi connectivity index (χ0v) is 32.2. The maximum absolute atomic E-state index is 3.63. The molecule has 1 aromatic carbocycles. The largest absolute Gasteiger partial charge is 0.306 e. The van der Waals surface area contributed by atoms with Crippen LogP contribution in [0.15, 0.2) is 36.9 Å². The van der Waals surface area contributed by atoms with Crippen LogP contribution in [0.25, 0.3) is 6.08 Å². The number of unbranched alkanes of at least 4 members (excludes halogenated alkanes) is 30. The second kappa shape index (κ2) is 40.1. The third-order valence-corrected chi connectivity index (χ3v) is 9.82. The molecule has 0 unspecified atom stereocenters. The molecule has 0 aromatic heterocycles. The molecule has 1 rings (SSSR count). The predicted octanol–water partition coefficient (Wildman–Crippen LogP) is 15.8. The van der Waals surface area contributed by atoms with E-state index < -0.39 is 0 Å². The third-order valence-electron chi connectivity index (χ3n) is 9.82. The zero-order valence-electron chi connectivity index (χ0n) is 32.2. The predicted molar refractivity (Wildman–Crippen MR) is 213 cm³/mol. The van der Waals surface area contributed by atoms with Crippen molar-refractivity contribution in [1.29, 1.82) is 0 Å². The smallest absolute Gasteiger partial charge is 0.00218 e. The molecule has 0 aliphatic carbocycles. The van der Waals surface area contributed by atoms with E-state index in [0.29, 0.717) is 0 Å². The van der Waals surface area contributed by atoms with E-state index in [4.69, 9.17) is 0 Å². The first kappa shape index (κ1) is 44.9. The van der Waals surface area contributed by atoms with Crippen molar-refractivity contribution in [3.05, 3.63) is 42.5 Å². The molecule has 0 atom stereocenters. The Kier molecular flexibility index (Phi) is 39.2. The number of hydrogen-bond donors (Lipinski definition) is 0. The number of benzene rings is 1. The third kappa shape index (κ3) is 37.4. The van der Waals surface area contributed by atoms with E-state index in [0.717, 1.165) is 0 Å². The highest BCUT2D eigenvalue weighted by Gasteiger charge is 2.00. The quantitative estimate of drug-likeness (QED) is 0.0668. The van der Waals surface area contributed by atoms with Gasteiger partial charge in [-0.2, -0.15) is 0 Å². The van der Waals surface area contributed by atoms with Gasteiger partial charge >= 0.3 is 0 Å². The van der Waals surface area contributed by atoms with Gasteiger partial charge in [-0.25, -0.2) is 0 Å². The highest BCUT2D eigenvalue weighted by atomic mass is 15.1. The molecular weight excluding hydrogens is 555 g/mol. The highest BCUT2D eigenvalue weighted by Crippen LogP contribution is 2.15. The van der Waals surface area contributed by atoms with Crippen molar-refractivity contribution < 1.29 is 0 Å². The Morgan fingerprint density at radius 1 is 0.391 bits per heavy atom. The van der Waals surface area contributed by atoms with E-state index in [2.05, 4.69) is 32.4 Å². The minimum atomic E-state index is 1.17. The molecule has 0 heterocycles. The van der Waals surface area contributed by atoms with Crippen molar-refractivity contribution in [2.75, 3.05) is 20.1 Å². The van der Waals surface area contributed by atoms with Crippen LogP contribution in [0.3, 0.4) is 0 Å². The molecule has 0 aliphatic heterocycles. The molecule has 0 amide bonds. The van der Waals surface area contributed by atoms with Crippen molar-refractivity contribution in [1.82, 2.24) is 4.90 Å². The van der Waals surface area contributed by atoms with Gasteiger partial charge in [0, 0.05) is 0 Å². The van der Waals surface area contributed by atoms with Gasteiger partial charge in [-0.3, -0.25) is 0 Å². The lowest BCUT2D eigenvalue weighted by Crippen LogP contribution is -2.20. The SMILES string of the molecule is C=Cc1ccccc1.CCCCCCCCCCCCCCCCCCN(C)CCCCCCCCCCCCCCCCCC. The van der Waals surface area contributed by atoms with E-state index in [1.165, 1.54) is 224 Å². The van der Waals surface area contributed by atoms with Crippen molar-refractivity contribution in [3.63, 3.8) is 0 Å². The molecule has 0 saturated heterocycles. The molecule has 1 aromatic rings. The van der Waals surface area contributed by atoms with E-state index in [-0.39, 0.29) is 0 Å². The summed E-state index contributed by atoms with van der Waals surface area (Å²) in [6.45, 7) is 10.9. The Morgan fingerprint density at radius 2 is 0.630 bits per heavy atom.